The van der Waals surface area contributed by atoms with E-state index in [0.29, 0.717) is 15.6 Å². The van der Waals surface area contributed by atoms with E-state index in [0.717, 1.165) is 6.07 Å². The lowest BCUT2D eigenvalue weighted by atomic mass is 9.99. The Bertz CT molecular complexity index is 581. The minimum atomic E-state index is -0.647. The Morgan fingerprint density at radius 2 is 1.74 bits per heavy atom. The van der Waals surface area contributed by atoms with Crippen LogP contribution in [-0.2, 0) is 6.42 Å². The maximum absolute atomic E-state index is 13.5. The summed E-state index contributed by atoms with van der Waals surface area (Å²) in [6.07, 6.45) is 0.169. The topological polar surface area (TPSA) is 26.0 Å². The molecule has 0 aliphatic carbocycles. The Hall–Kier alpha value is -1.33. The SMILES string of the molecule is NC(Cc1ccc(F)cc1F)c1cc(F)cc(Br)c1. The predicted octanol–water partition coefficient (Wildman–Crippen LogP) is 4.11. The molecule has 2 rings (SSSR count). The first-order valence-corrected chi connectivity index (χ1v) is 6.40. The van der Waals surface area contributed by atoms with E-state index in [1.807, 2.05) is 0 Å². The van der Waals surface area contributed by atoms with Crippen LogP contribution >= 0.6 is 15.9 Å². The van der Waals surface area contributed by atoms with Gasteiger partial charge in [-0.15, -0.1) is 0 Å². The number of hydrogen-bond acceptors (Lipinski definition) is 1. The molecule has 0 saturated carbocycles. The maximum Gasteiger partial charge on any atom is 0.129 e. The maximum atomic E-state index is 13.5. The van der Waals surface area contributed by atoms with Gasteiger partial charge in [-0.1, -0.05) is 22.0 Å². The molecule has 1 unspecified atom stereocenters. The van der Waals surface area contributed by atoms with Crippen molar-refractivity contribution in [2.45, 2.75) is 12.5 Å². The molecule has 1 nitrogen and oxygen atoms in total. The summed E-state index contributed by atoms with van der Waals surface area (Å²) in [6, 6.07) is 7.06. The monoisotopic (exact) mass is 329 g/mol. The summed E-state index contributed by atoms with van der Waals surface area (Å²) in [4.78, 5) is 0. The quantitative estimate of drug-likeness (QED) is 0.901. The number of hydrogen-bond donors (Lipinski definition) is 1. The fraction of sp³-hybridized carbons (Fsp3) is 0.143. The first-order chi connectivity index (χ1) is 8.95. The molecule has 0 aliphatic rings. The van der Waals surface area contributed by atoms with Crippen LogP contribution in [0.5, 0.6) is 0 Å². The first-order valence-electron chi connectivity index (χ1n) is 5.61. The number of halogens is 4. The summed E-state index contributed by atoms with van der Waals surface area (Å²) in [5.74, 6) is -1.70. The lowest BCUT2D eigenvalue weighted by Gasteiger charge is -2.13. The van der Waals surface area contributed by atoms with Crippen molar-refractivity contribution in [3.8, 4) is 0 Å². The fourth-order valence-corrected chi connectivity index (χ4v) is 2.31. The van der Waals surface area contributed by atoms with Gasteiger partial charge in [-0.25, -0.2) is 13.2 Å². The van der Waals surface area contributed by atoms with E-state index in [1.54, 1.807) is 6.07 Å². The molecule has 2 aromatic rings. The van der Waals surface area contributed by atoms with Crippen molar-refractivity contribution in [2.24, 2.45) is 5.73 Å². The molecule has 0 aromatic heterocycles. The molecule has 19 heavy (non-hydrogen) atoms. The smallest absolute Gasteiger partial charge is 0.129 e. The van der Waals surface area contributed by atoms with E-state index in [2.05, 4.69) is 15.9 Å². The molecule has 0 saturated heterocycles. The highest BCUT2D eigenvalue weighted by molar-refractivity contribution is 9.10. The van der Waals surface area contributed by atoms with Crippen LogP contribution in [0.4, 0.5) is 13.2 Å². The fourth-order valence-electron chi connectivity index (χ4n) is 1.83. The van der Waals surface area contributed by atoms with Gasteiger partial charge in [0.2, 0.25) is 0 Å². The van der Waals surface area contributed by atoms with E-state index < -0.39 is 23.5 Å². The van der Waals surface area contributed by atoms with Gasteiger partial charge >= 0.3 is 0 Å². The van der Waals surface area contributed by atoms with E-state index in [4.69, 9.17) is 5.73 Å². The molecule has 2 aromatic carbocycles. The third-order valence-electron chi connectivity index (χ3n) is 2.77. The molecule has 0 radical (unpaired) electrons. The van der Waals surface area contributed by atoms with Crippen molar-refractivity contribution in [1.82, 2.24) is 0 Å². The molecule has 100 valence electrons. The van der Waals surface area contributed by atoms with Crippen molar-refractivity contribution >= 4 is 15.9 Å². The number of nitrogens with two attached hydrogens (primary N) is 1. The third-order valence-corrected chi connectivity index (χ3v) is 3.23. The van der Waals surface area contributed by atoms with Gasteiger partial charge in [0.25, 0.3) is 0 Å². The van der Waals surface area contributed by atoms with Gasteiger partial charge in [-0.3, -0.25) is 0 Å². The average molecular weight is 330 g/mol. The highest BCUT2D eigenvalue weighted by atomic mass is 79.9. The van der Waals surface area contributed by atoms with Crippen LogP contribution < -0.4 is 5.73 Å². The van der Waals surface area contributed by atoms with Crippen molar-refractivity contribution in [3.05, 3.63) is 69.4 Å². The molecule has 0 spiro atoms. The molecule has 0 aliphatic heterocycles. The van der Waals surface area contributed by atoms with E-state index in [9.17, 15) is 13.2 Å². The van der Waals surface area contributed by atoms with Gasteiger partial charge in [0.1, 0.15) is 17.5 Å². The van der Waals surface area contributed by atoms with Gasteiger partial charge in [-0.05, 0) is 41.8 Å². The minimum Gasteiger partial charge on any atom is -0.324 e. The van der Waals surface area contributed by atoms with Gasteiger partial charge < -0.3 is 5.73 Å². The normalized spacial score (nSPS) is 12.5. The van der Waals surface area contributed by atoms with Crippen LogP contribution in [0.15, 0.2) is 40.9 Å². The number of rotatable bonds is 3. The Morgan fingerprint density at radius 1 is 1.00 bits per heavy atom. The summed E-state index contributed by atoms with van der Waals surface area (Å²) in [7, 11) is 0. The summed E-state index contributed by atoms with van der Waals surface area (Å²) in [5.41, 5.74) is 6.78. The lowest BCUT2D eigenvalue weighted by molar-refractivity contribution is 0.562. The van der Waals surface area contributed by atoms with E-state index >= 15 is 0 Å². The Morgan fingerprint density at radius 3 is 2.37 bits per heavy atom. The van der Waals surface area contributed by atoms with Crippen molar-refractivity contribution in [2.75, 3.05) is 0 Å². The molecular weight excluding hydrogens is 319 g/mol. The standard InChI is InChI=1S/C14H11BrF3N/c15-10-3-9(4-12(17)6-10)14(19)5-8-1-2-11(16)7-13(8)18/h1-4,6-7,14H,5,19H2. The van der Waals surface area contributed by atoms with Gasteiger partial charge in [0.15, 0.2) is 0 Å². The second kappa shape index (κ2) is 5.75. The lowest BCUT2D eigenvalue weighted by Crippen LogP contribution is -2.14. The van der Waals surface area contributed by atoms with Crippen LogP contribution in [0.3, 0.4) is 0 Å². The van der Waals surface area contributed by atoms with Crippen LogP contribution in [0.1, 0.15) is 17.2 Å². The predicted molar refractivity (Wildman–Crippen MR) is 71.1 cm³/mol. The minimum absolute atomic E-state index is 0.169. The Labute approximate surface area is 117 Å². The summed E-state index contributed by atoms with van der Waals surface area (Å²) < 4.78 is 40.1. The molecule has 0 heterocycles. The zero-order valence-corrected chi connectivity index (χ0v) is 11.4. The van der Waals surface area contributed by atoms with Crippen LogP contribution in [0, 0.1) is 17.5 Å². The van der Waals surface area contributed by atoms with Crippen LogP contribution in [-0.4, -0.2) is 0 Å². The van der Waals surface area contributed by atoms with Crippen molar-refractivity contribution in [1.29, 1.82) is 0 Å². The summed E-state index contributed by atoms with van der Waals surface area (Å²) in [5, 5.41) is 0. The zero-order chi connectivity index (χ0) is 14.0. The van der Waals surface area contributed by atoms with E-state index in [-0.39, 0.29) is 6.42 Å². The van der Waals surface area contributed by atoms with E-state index in [1.165, 1.54) is 24.3 Å². The molecule has 1 atom stereocenters. The Kier molecular flexibility index (Phi) is 4.27. The first kappa shape index (κ1) is 14.1. The average Bonchev–Trinajstić information content (AvgIpc) is 2.31. The molecule has 0 amide bonds. The van der Waals surface area contributed by atoms with Crippen LogP contribution in [0.25, 0.3) is 0 Å². The molecule has 5 heteroatoms. The second-order valence-electron chi connectivity index (χ2n) is 4.25. The summed E-state index contributed by atoms with van der Waals surface area (Å²) in [6.45, 7) is 0. The van der Waals surface area contributed by atoms with Gasteiger partial charge in [0.05, 0.1) is 0 Å². The summed E-state index contributed by atoms with van der Waals surface area (Å²) >= 11 is 3.17. The van der Waals surface area contributed by atoms with Crippen molar-refractivity contribution < 1.29 is 13.2 Å². The number of benzene rings is 2. The Balaban J connectivity index is 2.22. The second-order valence-corrected chi connectivity index (χ2v) is 5.16. The van der Waals surface area contributed by atoms with Crippen molar-refractivity contribution in [3.63, 3.8) is 0 Å². The third kappa shape index (κ3) is 3.58. The zero-order valence-electron chi connectivity index (χ0n) is 9.84. The molecule has 2 N–H and O–H groups in total. The van der Waals surface area contributed by atoms with Gasteiger partial charge in [0, 0.05) is 16.6 Å². The largest absolute Gasteiger partial charge is 0.324 e. The highest BCUT2D eigenvalue weighted by Gasteiger charge is 2.12. The molecule has 0 bridgehead atoms. The molecule has 0 fully saturated rings. The van der Waals surface area contributed by atoms with Gasteiger partial charge in [-0.2, -0.15) is 0 Å². The highest BCUT2D eigenvalue weighted by Crippen LogP contribution is 2.23. The van der Waals surface area contributed by atoms with Crippen LogP contribution in [0.2, 0.25) is 0 Å². The molecular formula is C14H11BrF3N.